The number of piperidine rings is 1. The van der Waals surface area contributed by atoms with Gasteiger partial charge in [-0.3, -0.25) is 9.69 Å². The fourth-order valence-corrected chi connectivity index (χ4v) is 4.36. The average molecular weight is 346 g/mol. The Morgan fingerprint density at radius 3 is 2.48 bits per heavy atom. The van der Waals surface area contributed by atoms with Gasteiger partial charge in [0.15, 0.2) is 0 Å². The van der Waals surface area contributed by atoms with E-state index in [1.165, 1.54) is 5.56 Å². The van der Waals surface area contributed by atoms with Crippen molar-refractivity contribution < 1.29 is 14.3 Å². The lowest BCUT2D eigenvalue weighted by Crippen LogP contribution is -2.45. The monoisotopic (exact) mass is 346 g/mol. The van der Waals surface area contributed by atoms with Crippen LogP contribution in [0.1, 0.15) is 18.4 Å². The molecule has 2 fully saturated rings. The van der Waals surface area contributed by atoms with E-state index in [0.29, 0.717) is 19.8 Å². The molecule has 2 saturated heterocycles. The molecule has 0 saturated carbocycles. The van der Waals surface area contributed by atoms with Crippen LogP contribution in [-0.2, 0) is 20.8 Å². The number of likely N-dealkylation sites (tertiary alicyclic amines) is 2. The van der Waals surface area contributed by atoms with Gasteiger partial charge in [-0.25, -0.2) is 0 Å². The Hall–Kier alpha value is -1.43. The molecule has 2 heterocycles. The summed E-state index contributed by atoms with van der Waals surface area (Å²) in [6.45, 7) is 5.74. The third-order valence-electron chi connectivity index (χ3n) is 5.85. The molecular formula is C20H30N2O3. The molecule has 1 spiro atoms. The fourth-order valence-electron chi connectivity index (χ4n) is 4.36. The fraction of sp³-hybridized carbons (Fsp3) is 0.650. The van der Waals surface area contributed by atoms with Gasteiger partial charge in [0.25, 0.3) is 0 Å². The lowest BCUT2D eigenvalue weighted by molar-refractivity contribution is -0.134. The molecular weight excluding hydrogens is 316 g/mol. The van der Waals surface area contributed by atoms with E-state index in [2.05, 4.69) is 35.2 Å². The van der Waals surface area contributed by atoms with Crippen molar-refractivity contribution in [3.05, 3.63) is 35.9 Å². The average Bonchev–Trinajstić information content (AvgIpc) is 2.89. The van der Waals surface area contributed by atoms with Crippen molar-refractivity contribution in [1.29, 1.82) is 0 Å². The minimum atomic E-state index is -0.00627. The normalized spacial score (nSPS) is 23.5. The predicted octanol–water partition coefficient (Wildman–Crippen LogP) is 2.02. The molecule has 1 aromatic rings. The van der Waals surface area contributed by atoms with E-state index in [1.807, 2.05) is 4.90 Å². The highest BCUT2D eigenvalue weighted by Gasteiger charge is 2.52. The maximum absolute atomic E-state index is 12.8. The smallest absolute Gasteiger partial charge is 0.228 e. The van der Waals surface area contributed by atoms with Gasteiger partial charge in [0.2, 0.25) is 5.91 Å². The third kappa shape index (κ3) is 4.05. The molecule has 1 atom stereocenters. The molecule has 0 aromatic heterocycles. The minimum Gasteiger partial charge on any atom is -0.384 e. The summed E-state index contributed by atoms with van der Waals surface area (Å²) in [5.74, 6) is 0.239. The standard InChI is InChI=1S/C20H30N2O3/c1-24-13-12-22-16-20(18(15-25-2)19(22)23)8-10-21(11-9-20)14-17-6-4-3-5-7-17/h3-7,18H,8-16H2,1-2H3/t18-/m1/s1. The molecule has 2 aliphatic rings. The largest absolute Gasteiger partial charge is 0.384 e. The Bertz CT molecular complexity index is 555. The predicted molar refractivity (Wildman–Crippen MR) is 97.2 cm³/mol. The van der Waals surface area contributed by atoms with E-state index in [9.17, 15) is 4.79 Å². The number of hydrogen-bond donors (Lipinski definition) is 0. The maximum Gasteiger partial charge on any atom is 0.228 e. The van der Waals surface area contributed by atoms with E-state index in [0.717, 1.165) is 39.0 Å². The summed E-state index contributed by atoms with van der Waals surface area (Å²) >= 11 is 0. The van der Waals surface area contributed by atoms with E-state index in [1.54, 1.807) is 14.2 Å². The van der Waals surface area contributed by atoms with Crippen molar-refractivity contribution in [2.75, 3.05) is 53.6 Å². The zero-order valence-electron chi connectivity index (χ0n) is 15.4. The lowest BCUT2D eigenvalue weighted by Gasteiger charge is -2.41. The van der Waals surface area contributed by atoms with Crippen LogP contribution in [0.5, 0.6) is 0 Å². The zero-order chi connectivity index (χ0) is 17.7. The SMILES string of the molecule is COCCN1CC2(CCN(Cc3ccccc3)CC2)[C@H](COC)C1=O. The number of carbonyl (C=O) groups is 1. The topological polar surface area (TPSA) is 42.0 Å². The number of hydrogen-bond acceptors (Lipinski definition) is 4. The molecule has 3 rings (SSSR count). The summed E-state index contributed by atoms with van der Waals surface area (Å²) in [4.78, 5) is 17.3. The number of methoxy groups -OCH3 is 2. The summed E-state index contributed by atoms with van der Waals surface area (Å²) in [5, 5.41) is 0. The molecule has 0 N–H and O–H groups in total. The molecule has 0 aliphatic carbocycles. The molecule has 25 heavy (non-hydrogen) atoms. The van der Waals surface area contributed by atoms with Gasteiger partial charge in [-0.05, 0) is 31.5 Å². The minimum absolute atomic E-state index is 0.00627. The van der Waals surface area contributed by atoms with Crippen molar-refractivity contribution in [1.82, 2.24) is 9.80 Å². The van der Waals surface area contributed by atoms with E-state index < -0.39 is 0 Å². The van der Waals surface area contributed by atoms with Crippen LogP contribution in [0.15, 0.2) is 30.3 Å². The number of amides is 1. The lowest BCUT2D eigenvalue weighted by atomic mass is 9.71. The highest BCUT2D eigenvalue weighted by Crippen LogP contribution is 2.45. The van der Waals surface area contributed by atoms with Crippen molar-refractivity contribution in [3.8, 4) is 0 Å². The van der Waals surface area contributed by atoms with Crippen LogP contribution in [0.25, 0.3) is 0 Å². The molecule has 0 radical (unpaired) electrons. The molecule has 0 bridgehead atoms. The highest BCUT2D eigenvalue weighted by atomic mass is 16.5. The van der Waals surface area contributed by atoms with Gasteiger partial charge in [0.1, 0.15) is 0 Å². The van der Waals surface area contributed by atoms with E-state index in [-0.39, 0.29) is 17.2 Å². The van der Waals surface area contributed by atoms with Gasteiger partial charge in [-0.2, -0.15) is 0 Å². The number of ether oxygens (including phenoxy) is 2. The molecule has 0 unspecified atom stereocenters. The van der Waals surface area contributed by atoms with E-state index >= 15 is 0 Å². The van der Waals surface area contributed by atoms with Crippen LogP contribution < -0.4 is 0 Å². The number of benzene rings is 1. The first-order valence-electron chi connectivity index (χ1n) is 9.21. The van der Waals surface area contributed by atoms with Gasteiger partial charge in [-0.15, -0.1) is 0 Å². The van der Waals surface area contributed by atoms with Gasteiger partial charge in [0, 0.05) is 39.3 Å². The van der Waals surface area contributed by atoms with Crippen molar-refractivity contribution >= 4 is 5.91 Å². The molecule has 1 aromatic carbocycles. The summed E-state index contributed by atoms with van der Waals surface area (Å²) in [5.41, 5.74) is 1.42. The Balaban J connectivity index is 1.63. The van der Waals surface area contributed by atoms with Crippen molar-refractivity contribution in [2.45, 2.75) is 19.4 Å². The highest BCUT2D eigenvalue weighted by molar-refractivity contribution is 5.82. The first-order valence-corrected chi connectivity index (χ1v) is 9.21. The Morgan fingerprint density at radius 1 is 1.12 bits per heavy atom. The summed E-state index contributed by atoms with van der Waals surface area (Å²) in [6.07, 6.45) is 2.12. The number of carbonyl (C=O) groups excluding carboxylic acids is 1. The summed E-state index contributed by atoms with van der Waals surface area (Å²) < 4.78 is 10.6. The summed E-state index contributed by atoms with van der Waals surface area (Å²) in [7, 11) is 3.38. The van der Waals surface area contributed by atoms with E-state index in [4.69, 9.17) is 9.47 Å². The second kappa shape index (κ2) is 8.30. The first kappa shape index (κ1) is 18.4. The Labute approximate surface area is 150 Å². The molecule has 1 amide bonds. The molecule has 138 valence electrons. The van der Waals surface area contributed by atoms with Crippen LogP contribution in [0.2, 0.25) is 0 Å². The van der Waals surface area contributed by atoms with Gasteiger partial charge in [-0.1, -0.05) is 30.3 Å². The third-order valence-corrected chi connectivity index (χ3v) is 5.85. The van der Waals surface area contributed by atoms with Gasteiger partial charge >= 0.3 is 0 Å². The number of nitrogens with zero attached hydrogens (tertiary/aromatic N) is 2. The molecule has 5 nitrogen and oxygen atoms in total. The van der Waals surface area contributed by atoms with Crippen molar-refractivity contribution in [2.24, 2.45) is 11.3 Å². The van der Waals surface area contributed by atoms with Crippen LogP contribution in [0.3, 0.4) is 0 Å². The molecule has 2 aliphatic heterocycles. The van der Waals surface area contributed by atoms with Crippen LogP contribution in [0, 0.1) is 11.3 Å². The van der Waals surface area contributed by atoms with Crippen LogP contribution in [0.4, 0.5) is 0 Å². The Kier molecular flexibility index (Phi) is 6.10. The first-order chi connectivity index (χ1) is 12.2. The van der Waals surface area contributed by atoms with Crippen LogP contribution in [-0.4, -0.2) is 69.3 Å². The van der Waals surface area contributed by atoms with Crippen LogP contribution >= 0.6 is 0 Å². The molecule has 5 heteroatoms. The Morgan fingerprint density at radius 2 is 1.84 bits per heavy atom. The second-order valence-corrected chi connectivity index (χ2v) is 7.38. The maximum atomic E-state index is 12.8. The van der Waals surface area contributed by atoms with Gasteiger partial charge < -0.3 is 14.4 Å². The van der Waals surface area contributed by atoms with Gasteiger partial charge in [0.05, 0.1) is 19.1 Å². The summed E-state index contributed by atoms with van der Waals surface area (Å²) in [6, 6.07) is 10.6. The number of rotatable bonds is 7. The quantitative estimate of drug-likeness (QED) is 0.757. The zero-order valence-corrected chi connectivity index (χ0v) is 15.4. The van der Waals surface area contributed by atoms with Crippen molar-refractivity contribution in [3.63, 3.8) is 0 Å². The second-order valence-electron chi connectivity index (χ2n) is 7.38.